The fraction of sp³-hybridized carbons (Fsp3) is 0.571. The molecule has 0 aromatic carbocycles. The van der Waals surface area contributed by atoms with Gasteiger partial charge in [-0.05, 0) is 5.16 Å². The summed E-state index contributed by atoms with van der Waals surface area (Å²) >= 11 is 0. The van der Waals surface area contributed by atoms with Crippen LogP contribution in [0.2, 0.25) is 0 Å². The average Bonchev–Trinajstić information content (AvgIpc) is 2.70. The molecule has 0 aliphatic carbocycles. The lowest BCUT2D eigenvalue weighted by atomic mass is 10.4. The number of aliphatic hydroxyl groups excluding tert-OH is 1. The Morgan fingerprint density at radius 2 is 2.50 bits per heavy atom. The molecule has 1 amide bonds. The summed E-state index contributed by atoms with van der Waals surface area (Å²) in [5, 5.41) is 17.6. The summed E-state index contributed by atoms with van der Waals surface area (Å²) in [6.07, 6.45) is 1.23. The molecule has 0 fully saturated rings. The molecule has 78 valence electrons. The molecule has 1 aromatic rings. The molecule has 1 rings (SSSR count). The summed E-state index contributed by atoms with van der Waals surface area (Å²) in [4.78, 5) is 11.2. The SMILES string of the molecule is O=C(NCCOCCO)c1cnon1. The molecule has 0 bridgehead atoms. The maximum absolute atomic E-state index is 11.2. The minimum absolute atomic E-state index is 0.0266. The number of aliphatic hydroxyl groups is 1. The van der Waals surface area contributed by atoms with E-state index in [9.17, 15) is 4.79 Å². The second-order valence-corrected chi connectivity index (χ2v) is 2.38. The van der Waals surface area contributed by atoms with Gasteiger partial charge in [0.1, 0.15) is 6.20 Å². The molecule has 14 heavy (non-hydrogen) atoms. The van der Waals surface area contributed by atoms with Crippen LogP contribution in [0, 0.1) is 0 Å². The molecule has 2 N–H and O–H groups in total. The van der Waals surface area contributed by atoms with Crippen LogP contribution < -0.4 is 5.32 Å². The van der Waals surface area contributed by atoms with Gasteiger partial charge in [0.15, 0.2) is 5.69 Å². The Labute approximate surface area is 80.0 Å². The van der Waals surface area contributed by atoms with Gasteiger partial charge in [-0.3, -0.25) is 4.79 Å². The van der Waals surface area contributed by atoms with Gasteiger partial charge in [0.05, 0.1) is 19.8 Å². The summed E-state index contributed by atoms with van der Waals surface area (Å²) in [7, 11) is 0. The van der Waals surface area contributed by atoms with Gasteiger partial charge in [0.2, 0.25) is 0 Å². The minimum atomic E-state index is -0.362. The Hall–Kier alpha value is -1.47. The van der Waals surface area contributed by atoms with Gasteiger partial charge in [0.25, 0.3) is 5.91 Å². The number of rotatable bonds is 6. The first-order valence-corrected chi connectivity index (χ1v) is 4.09. The number of carbonyl (C=O) groups is 1. The van der Waals surface area contributed by atoms with E-state index in [1.54, 1.807) is 0 Å². The predicted octanol–water partition coefficient (Wildman–Crippen LogP) is -1.19. The van der Waals surface area contributed by atoms with E-state index in [-0.39, 0.29) is 24.8 Å². The third-order valence-corrected chi connectivity index (χ3v) is 1.36. The van der Waals surface area contributed by atoms with E-state index in [0.717, 1.165) is 0 Å². The molecule has 0 saturated carbocycles. The Balaban J connectivity index is 2.10. The number of nitrogens with zero attached hydrogens (tertiary/aromatic N) is 2. The van der Waals surface area contributed by atoms with Crippen molar-refractivity contribution in [3.8, 4) is 0 Å². The van der Waals surface area contributed by atoms with Crippen LogP contribution in [-0.2, 0) is 4.74 Å². The van der Waals surface area contributed by atoms with Gasteiger partial charge in [-0.2, -0.15) is 0 Å². The monoisotopic (exact) mass is 201 g/mol. The third kappa shape index (κ3) is 3.50. The van der Waals surface area contributed by atoms with E-state index in [1.807, 2.05) is 0 Å². The smallest absolute Gasteiger partial charge is 0.275 e. The molecular weight excluding hydrogens is 190 g/mol. The molecule has 1 aromatic heterocycles. The number of hydrogen-bond acceptors (Lipinski definition) is 6. The van der Waals surface area contributed by atoms with Gasteiger partial charge < -0.3 is 15.2 Å². The van der Waals surface area contributed by atoms with Crippen molar-refractivity contribution < 1.29 is 19.3 Å². The Bertz CT molecular complexity index is 262. The Morgan fingerprint density at radius 3 is 3.14 bits per heavy atom. The summed E-state index contributed by atoms with van der Waals surface area (Å²) in [6.45, 7) is 0.936. The zero-order valence-corrected chi connectivity index (χ0v) is 7.47. The van der Waals surface area contributed by atoms with Crippen molar-refractivity contribution in [2.24, 2.45) is 0 Å². The first-order chi connectivity index (χ1) is 6.84. The van der Waals surface area contributed by atoms with Crippen LogP contribution >= 0.6 is 0 Å². The summed E-state index contributed by atoms with van der Waals surface area (Å²) < 4.78 is 9.18. The molecule has 0 aliphatic heterocycles. The highest BCUT2D eigenvalue weighted by atomic mass is 16.6. The molecule has 0 unspecified atom stereocenters. The van der Waals surface area contributed by atoms with E-state index >= 15 is 0 Å². The van der Waals surface area contributed by atoms with E-state index in [2.05, 4.69) is 20.3 Å². The second-order valence-electron chi connectivity index (χ2n) is 2.38. The molecule has 0 atom stereocenters. The van der Waals surface area contributed by atoms with E-state index in [1.165, 1.54) is 6.20 Å². The average molecular weight is 201 g/mol. The Morgan fingerprint density at radius 1 is 1.64 bits per heavy atom. The molecule has 0 spiro atoms. The normalized spacial score (nSPS) is 10.1. The number of aromatic nitrogens is 2. The van der Waals surface area contributed by atoms with Crippen molar-refractivity contribution in [2.75, 3.05) is 26.4 Å². The van der Waals surface area contributed by atoms with Crippen molar-refractivity contribution in [1.29, 1.82) is 0 Å². The first kappa shape index (κ1) is 10.6. The van der Waals surface area contributed by atoms with Gasteiger partial charge in [-0.1, -0.05) is 5.16 Å². The molecule has 7 nitrogen and oxygen atoms in total. The van der Waals surface area contributed by atoms with Crippen molar-refractivity contribution in [3.05, 3.63) is 11.9 Å². The number of amides is 1. The maximum atomic E-state index is 11.2. The highest BCUT2D eigenvalue weighted by molar-refractivity contribution is 5.91. The van der Waals surface area contributed by atoms with E-state index in [0.29, 0.717) is 13.2 Å². The number of hydrogen-bond donors (Lipinski definition) is 2. The van der Waals surface area contributed by atoms with Crippen molar-refractivity contribution >= 4 is 5.91 Å². The van der Waals surface area contributed by atoms with E-state index in [4.69, 9.17) is 9.84 Å². The third-order valence-electron chi connectivity index (χ3n) is 1.36. The summed E-state index contributed by atoms with van der Waals surface area (Å²) in [5.74, 6) is -0.362. The van der Waals surface area contributed by atoms with Crippen LogP contribution in [0.15, 0.2) is 10.8 Å². The highest BCUT2D eigenvalue weighted by Crippen LogP contribution is 1.89. The van der Waals surface area contributed by atoms with Gasteiger partial charge >= 0.3 is 0 Å². The summed E-state index contributed by atoms with van der Waals surface area (Å²) in [6, 6.07) is 0. The van der Waals surface area contributed by atoms with Gasteiger partial charge in [-0.25, -0.2) is 4.63 Å². The van der Waals surface area contributed by atoms with Crippen molar-refractivity contribution in [1.82, 2.24) is 15.6 Å². The molecule has 0 aliphatic rings. The molecule has 0 radical (unpaired) electrons. The topological polar surface area (TPSA) is 97.5 Å². The van der Waals surface area contributed by atoms with Crippen LogP contribution in [0.3, 0.4) is 0 Å². The Kier molecular flexibility index (Phi) is 4.59. The highest BCUT2D eigenvalue weighted by Gasteiger charge is 2.08. The molecule has 7 heteroatoms. The zero-order valence-electron chi connectivity index (χ0n) is 7.47. The lowest BCUT2D eigenvalue weighted by Crippen LogP contribution is -2.27. The van der Waals surface area contributed by atoms with Crippen molar-refractivity contribution in [2.45, 2.75) is 0 Å². The minimum Gasteiger partial charge on any atom is -0.394 e. The summed E-state index contributed by atoms with van der Waals surface area (Å²) in [5.41, 5.74) is 0.132. The molecular formula is C7H11N3O4. The standard InChI is InChI=1S/C7H11N3O4/c11-2-4-13-3-1-8-7(12)6-5-9-14-10-6/h5,11H,1-4H2,(H,8,12). The first-order valence-electron chi connectivity index (χ1n) is 4.09. The van der Waals surface area contributed by atoms with E-state index < -0.39 is 0 Å². The predicted molar refractivity (Wildman–Crippen MR) is 44.5 cm³/mol. The van der Waals surface area contributed by atoms with Crippen molar-refractivity contribution in [3.63, 3.8) is 0 Å². The largest absolute Gasteiger partial charge is 0.394 e. The van der Waals surface area contributed by atoms with Gasteiger partial charge in [-0.15, -0.1) is 0 Å². The van der Waals surface area contributed by atoms with Crippen LogP contribution in [0.4, 0.5) is 0 Å². The number of carbonyl (C=O) groups excluding carboxylic acids is 1. The quantitative estimate of drug-likeness (QED) is 0.561. The van der Waals surface area contributed by atoms with Crippen LogP contribution in [-0.4, -0.2) is 47.7 Å². The van der Waals surface area contributed by atoms with Crippen LogP contribution in [0.25, 0.3) is 0 Å². The number of ether oxygens (including phenoxy) is 1. The fourth-order valence-electron chi connectivity index (χ4n) is 0.759. The molecule has 1 heterocycles. The fourth-order valence-corrected chi connectivity index (χ4v) is 0.759. The lowest BCUT2D eigenvalue weighted by molar-refractivity contribution is 0.0832. The van der Waals surface area contributed by atoms with Crippen LogP contribution in [0.5, 0.6) is 0 Å². The number of nitrogens with one attached hydrogen (secondary N) is 1. The van der Waals surface area contributed by atoms with Crippen LogP contribution in [0.1, 0.15) is 10.5 Å². The maximum Gasteiger partial charge on any atom is 0.275 e. The second kappa shape index (κ2) is 6.06. The lowest BCUT2D eigenvalue weighted by Gasteiger charge is -2.02. The molecule has 0 saturated heterocycles. The zero-order chi connectivity index (χ0) is 10.2. The van der Waals surface area contributed by atoms with Gasteiger partial charge in [0, 0.05) is 6.54 Å².